The average Bonchev–Trinajstić information content (AvgIpc) is 1.63. The first kappa shape index (κ1) is 62.7. The van der Waals surface area contributed by atoms with Gasteiger partial charge in [-0.1, -0.05) is 40.4 Å². The molecule has 0 radical (unpaired) electrons. The number of carbonyl (C=O) groups excluding carboxylic acids is 1. The molecule has 0 bridgehead atoms. The van der Waals surface area contributed by atoms with Crippen LogP contribution in [0, 0.1) is 62.5 Å². The minimum atomic E-state index is -3.34. The van der Waals surface area contributed by atoms with E-state index in [1.807, 2.05) is 87.6 Å². The molecule has 0 saturated heterocycles. The van der Waals surface area contributed by atoms with Crippen molar-refractivity contribution < 1.29 is 31.3 Å². The zero-order chi connectivity index (χ0) is 64.9. The van der Waals surface area contributed by atoms with Gasteiger partial charge in [-0.2, -0.15) is 0 Å². The Morgan fingerprint density at radius 2 is 0.989 bits per heavy atom. The zero-order valence-corrected chi connectivity index (χ0v) is 58.9. The Bertz CT molecular complexity index is 4920. The van der Waals surface area contributed by atoms with Gasteiger partial charge in [-0.25, -0.2) is 28.4 Å². The number of rotatable bonds is 14. The zero-order valence-electron chi connectivity index (χ0n) is 53.7. The van der Waals surface area contributed by atoms with E-state index in [1.165, 1.54) is 67.8 Å². The molecule has 17 rings (SSSR count). The second-order valence-electron chi connectivity index (χ2n) is 25.7. The fourth-order valence-electron chi connectivity index (χ4n) is 13.1. The van der Waals surface area contributed by atoms with Crippen LogP contribution in [0.5, 0.6) is 0 Å². The quantitative estimate of drug-likeness (QED) is 0.0500. The lowest BCUT2D eigenvalue weighted by Gasteiger charge is -2.15. The summed E-state index contributed by atoms with van der Waals surface area (Å²) in [5, 5.41) is 19.7. The van der Waals surface area contributed by atoms with Crippen LogP contribution in [0.2, 0.25) is 0 Å². The maximum absolute atomic E-state index is 12.6. The Balaban J connectivity index is 0.000000108. The first-order chi connectivity index (χ1) is 44.7. The topological polar surface area (TPSA) is 283 Å². The first-order valence-corrected chi connectivity index (χ1v) is 35.9. The second-order valence-corrected chi connectivity index (χ2v) is 30.0. The SMILES string of the molecule is CCC(=O)c1cc(-c2c(C)noc2C)cc2nc(C3CC3)n(C)c12.Cc1noc(C)c1-c1cc(I)c2nc(C3CC3)[nH]c2c1.Cc1noc(C)c1-c1cc(I)c2nc(NS(=O)(=O)C3CC3)[nH]c2c1.Cc1noc(C)c1-c1cc(NC2CCCC2)c2nc(C3CC3)[nH]c2c1. The summed E-state index contributed by atoms with van der Waals surface area (Å²) in [6.07, 6.45) is 14.4. The third-order valence-corrected chi connectivity index (χ3v) is 21.9. The molecule has 5 fully saturated rings. The second kappa shape index (κ2) is 24.9. The summed E-state index contributed by atoms with van der Waals surface area (Å²) < 4.78 is 52.1. The highest BCUT2D eigenvalue weighted by Gasteiger charge is 2.37. The molecule has 93 heavy (non-hydrogen) atoms. The average molecular weight is 1500 g/mol. The molecule has 8 aromatic heterocycles. The third-order valence-electron chi connectivity index (χ3n) is 18.4. The van der Waals surface area contributed by atoms with Gasteiger partial charge in [-0.15, -0.1) is 0 Å². The van der Waals surface area contributed by atoms with E-state index in [0.717, 1.165) is 167 Å². The summed E-state index contributed by atoms with van der Waals surface area (Å²) >= 11 is 4.55. The summed E-state index contributed by atoms with van der Waals surface area (Å²) in [5.74, 6) is 8.79. The lowest BCUT2D eigenvalue weighted by atomic mass is 9.98. The van der Waals surface area contributed by atoms with Gasteiger partial charge in [0.25, 0.3) is 0 Å². The van der Waals surface area contributed by atoms with E-state index < -0.39 is 10.0 Å². The molecule has 5 aliphatic rings. The van der Waals surface area contributed by atoms with Gasteiger partial charge in [-0.3, -0.25) is 9.52 Å². The lowest BCUT2D eigenvalue weighted by Crippen LogP contribution is -2.18. The van der Waals surface area contributed by atoms with Gasteiger partial charge in [0.05, 0.1) is 61.3 Å². The summed E-state index contributed by atoms with van der Waals surface area (Å²) in [5.41, 5.74) is 21.4. The molecule has 5 N–H and O–H groups in total. The molecule has 0 amide bonds. The molecule has 0 atom stereocenters. The number of imidazole rings is 4. The fraction of sp³-hybridized carbons (Fsp3) is 0.406. The molecule has 0 aliphatic heterocycles. The van der Waals surface area contributed by atoms with Crippen LogP contribution in [0.15, 0.2) is 66.6 Å². The van der Waals surface area contributed by atoms with Crippen LogP contribution in [0.25, 0.3) is 88.6 Å². The van der Waals surface area contributed by atoms with Crippen molar-refractivity contribution in [3.63, 3.8) is 0 Å². The summed E-state index contributed by atoms with van der Waals surface area (Å²) in [6, 6.07) is 17.3. The number of aromatic nitrogens is 12. The van der Waals surface area contributed by atoms with Crippen LogP contribution in [-0.2, 0) is 17.1 Å². The molecule has 4 aromatic carbocycles. The number of hydrogen-bond acceptors (Lipinski definition) is 16. The molecular weight excluding hydrogens is 1420 g/mol. The number of hydrogen-bond donors (Lipinski definition) is 5. The van der Waals surface area contributed by atoms with E-state index in [2.05, 4.69) is 131 Å². The molecule has 0 unspecified atom stereocenters. The van der Waals surface area contributed by atoms with Crippen molar-refractivity contribution >= 4 is 117 Å². The number of aromatic amines is 3. The fourth-order valence-corrected chi connectivity index (χ4v) is 15.9. The smallest absolute Gasteiger partial charge is 0.237 e. The Kier molecular flexibility index (Phi) is 16.8. The molecular formula is C69H74I2N14O7S. The van der Waals surface area contributed by atoms with Gasteiger partial charge in [0, 0.05) is 72.2 Å². The number of halogens is 2. The first-order valence-electron chi connectivity index (χ1n) is 32.1. The molecule has 0 spiro atoms. The van der Waals surface area contributed by atoms with E-state index in [4.69, 9.17) is 33.0 Å². The highest BCUT2D eigenvalue weighted by molar-refractivity contribution is 14.1. The number of nitrogens with zero attached hydrogens (tertiary/aromatic N) is 9. The van der Waals surface area contributed by atoms with Crippen LogP contribution < -0.4 is 10.0 Å². The maximum Gasteiger partial charge on any atom is 0.237 e. The normalized spacial score (nSPS) is 15.8. The predicted molar refractivity (Wildman–Crippen MR) is 376 cm³/mol. The number of Topliss-reactive ketones (excluding diaryl/α,β-unsaturated/α-hetero) is 1. The number of sulfonamides is 1. The summed E-state index contributed by atoms with van der Waals surface area (Å²) in [6.45, 7) is 17.4. The van der Waals surface area contributed by atoms with Crippen LogP contribution in [0.1, 0.15) is 182 Å². The van der Waals surface area contributed by atoms with E-state index in [-0.39, 0.29) is 17.0 Å². The van der Waals surface area contributed by atoms with Gasteiger partial charge in [-0.05, 0) is 236 Å². The van der Waals surface area contributed by atoms with Crippen molar-refractivity contribution in [2.24, 2.45) is 7.05 Å². The van der Waals surface area contributed by atoms with Crippen molar-refractivity contribution in [2.45, 2.75) is 175 Å². The van der Waals surface area contributed by atoms with Crippen molar-refractivity contribution in [3.8, 4) is 44.5 Å². The number of fused-ring (bicyclic) bond motifs is 4. The van der Waals surface area contributed by atoms with Gasteiger partial charge in [0.15, 0.2) is 5.78 Å². The molecule has 5 aliphatic carbocycles. The highest BCUT2D eigenvalue weighted by Crippen LogP contribution is 2.45. The minimum Gasteiger partial charge on any atom is -0.380 e. The van der Waals surface area contributed by atoms with Crippen LogP contribution in [0.3, 0.4) is 0 Å². The van der Waals surface area contributed by atoms with Crippen molar-refractivity contribution in [3.05, 3.63) is 125 Å². The lowest BCUT2D eigenvalue weighted by molar-refractivity contribution is 0.0989. The van der Waals surface area contributed by atoms with Crippen LogP contribution in [-0.4, -0.2) is 85.6 Å². The number of benzene rings is 4. The molecule has 5 saturated carbocycles. The standard InChI is InChI=1S/C20H24N4O.C19H21N3O2.C15H15IN4O3S.C15H14IN3O/c1-11-18(12(2)25-24-11)14-9-16(21-15-5-3-4-6-15)19-17(10-14)22-20(23-19)13-7-8-13;1-5-16(23)14-8-13(17-10(2)21-24-11(17)3)9-15-18(14)22(4)19(20-15)12-6-7-12;1-7-13(8(2)23-19-7)9-5-11(16)14-12(6-9)17-15(18-14)20-24(21,22)10-3-4-10;1-7-13(8(2)20-19-7)10-5-11(16)14-12(6-10)17-15(18-14)9-3-4-9/h9-10,13,15,21H,3-8H2,1-2H3,(H,22,23);8-9,12H,5-7H2,1-4H3;5-6,10H,3-4H2,1-2H3,(H2,17,18,20);5-6,9H,3-4H2,1-2H3,(H,17,18). The monoisotopic (exact) mass is 1500 g/mol. The van der Waals surface area contributed by atoms with Gasteiger partial charge >= 0.3 is 0 Å². The minimum absolute atomic E-state index is 0.138. The molecule has 21 nitrogen and oxygen atoms in total. The van der Waals surface area contributed by atoms with E-state index in [1.54, 1.807) is 0 Å². The van der Waals surface area contributed by atoms with Gasteiger partial charge < -0.3 is 42.9 Å². The Hall–Kier alpha value is -7.72. The maximum atomic E-state index is 12.6. The summed E-state index contributed by atoms with van der Waals surface area (Å²) in [7, 11) is -1.32. The van der Waals surface area contributed by atoms with E-state index in [0.29, 0.717) is 43.1 Å². The Labute approximate surface area is 564 Å². The molecule has 12 aromatic rings. The Morgan fingerprint density at radius 3 is 1.44 bits per heavy atom. The van der Waals surface area contributed by atoms with Crippen molar-refractivity contribution in [1.82, 2.24) is 60.1 Å². The van der Waals surface area contributed by atoms with Crippen LogP contribution >= 0.6 is 45.2 Å². The van der Waals surface area contributed by atoms with E-state index >= 15 is 0 Å². The number of nitrogens with one attached hydrogen (secondary N) is 5. The van der Waals surface area contributed by atoms with E-state index in [9.17, 15) is 13.2 Å². The highest BCUT2D eigenvalue weighted by atomic mass is 127. The molecule has 24 heteroatoms. The van der Waals surface area contributed by atoms with Gasteiger partial charge in [0.1, 0.15) is 57.1 Å². The molecule has 482 valence electrons. The van der Waals surface area contributed by atoms with Crippen molar-refractivity contribution in [2.75, 3.05) is 10.0 Å². The number of carbonyl (C=O) groups is 1. The number of anilines is 2. The number of ketones is 1. The number of aryl methyl sites for hydroxylation is 9. The number of H-pyrrole nitrogens is 3. The molecule has 8 heterocycles. The van der Waals surface area contributed by atoms with Gasteiger partial charge in [0.2, 0.25) is 16.0 Å². The van der Waals surface area contributed by atoms with Crippen molar-refractivity contribution in [1.29, 1.82) is 0 Å². The Morgan fingerprint density at radius 1 is 0.548 bits per heavy atom. The largest absolute Gasteiger partial charge is 0.380 e. The third kappa shape index (κ3) is 12.7. The summed E-state index contributed by atoms with van der Waals surface area (Å²) in [4.78, 5) is 41.6. The van der Waals surface area contributed by atoms with Crippen LogP contribution in [0.4, 0.5) is 11.6 Å². The predicted octanol–water partition coefficient (Wildman–Crippen LogP) is 17.0.